The highest BCUT2D eigenvalue weighted by Gasteiger charge is 2.21. The Kier molecular flexibility index (Phi) is 5.46. The van der Waals surface area contributed by atoms with Crippen LogP contribution < -0.4 is 10.6 Å². The minimum Gasteiger partial charge on any atom is -0.465 e. The minimum absolute atomic E-state index is 0.102. The molecular formula is C15H20N2O4. The lowest BCUT2D eigenvalue weighted by atomic mass is 9.96. The van der Waals surface area contributed by atoms with Crippen LogP contribution in [0.1, 0.15) is 31.1 Å². The van der Waals surface area contributed by atoms with Crippen molar-refractivity contribution < 1.29 is 19.1 Å². The Labute approximate surface area is 123 Å². The van der Waals surface area contributed by atoms with Gasteiger partial charge in [-0.15, -0.1) is 0 Å². The van der Waals surface area contributed by atoms with Crippen LogP contribution in [0.25, 0.3) is 0 Å². The van der Waals surface area contributed by atoms with Gasteiger partial charge in [0.25, 0.3) is 0 Å². The van der Waals surface area contributed by atoms with E-state index in [0.29, 0.717) is 11.3 Å². The van der Waals surface area contributed by atoms with E-state index in [4.69, 9.17) is 0 Å². The molecular weight excluding hydrogens is 272 g/mol. The molecule has 6 nitrogen and oxygen atoms in total. The summed E-state index contributed by atoms with van der Waals surface area (Å²) in [5, 5.41) is 5.18. The van der Waals surface area contributed by atoms with Gasteiger partial charge in [-0.25, -0.2) is 4.79 Å². The Morgan fingerprint density at radius 1 is 1.10 bits per heavy atom. The molecule has 1 aromatic carbocycles. The second kappa shape index (κ2) is 6.88. The minimum atomic E-state index is -0.539. The lowest BCUT2D eigenvalue weighted by molar-refractivity contribution is -0.130. The van der Waals surface area contributed by atoms with E-state index in [1.807, 2.05) is 0 Å². The Hall–Kier alpha value is -2.37. The van der Waals surface area contributed by atoms with Crippen LogP contribution in [0.15, 0.2) is 24.3 Å². The van der Waals surface area contributed by atoms with Crippen molar-refractivity contribution in [1.29, 1.82) is 0 Å². The van der Waals surface area contributed by atoms with Gasteiger partial charge < -0.3 is 15.4 Å². The number of anilines is 1. The van der Waals surface area contributed by atoms with E-state index in [-0.39, 0.29) is 18.4 Å². The number of carbonyl (C=O) groups excluding carboxylic acids is 3. The summed E-state index contributed by atoms with van der Waals surface area (Å²) in [5.41, 5.74) is 0.400. The molecule has 114 valence electrons. The number of carbonyl (C=O) groups is 3. The van der Waals surface area contributed by atoms with Crippen LogP contribution >= 0.6 is 0 Å². The number of methoxy groups -OCH3 is 1. The van der Waals surface area contributed by atoms with E-state index in [1.165, 1.54) is 7.11 Å². The van der Waals surface area contributed by atoms with Crippen molar-refractivity contribution in [3.63, 3.8) is 0 Å². The maximum atomic E-state index is 11.7. The predicted molar refractivity (Wildman–Crippen MR) is 78.9 cm³/mol. The molecule has 0 aliphatic carbocycles. The summed E-state index contributed by atoms with van der Waals surface area (Å²) in [6, 6.07) is 6.29. The van der Waals surface area contributed by atoms with Gasteiger partial charge in [0, 0.05) is 11.1 Å². The number of ether oxygens (including phenoxy) is 1. The van der Waals surface area contributed by atoms with Crippen LogP contribution in [-0.4, -0.2) is 31.4 Å². The maximum absolute atomic E-state index is 11.7. The molecule has 0 heterocycles. The third-order valence-electron chi connectivity index (χ3n) is 2.68. The fourth-order valence-electron chi connectivity index (χ4n) is 1.44. The highest BCUT2D eigenvalue weighted by molar-refractivity contribution is 5.96. The zero-order chi connectivity index (χ0) is 16.0. The van der Waals surface area contributed by atoms with Gasteiger partial charge in [-0.2, -0.15) is 0 Å². The van der Waals surface area contributed by atoms with Crippen molar-refractivity contribution in [2.24, 2.45) is 5.41 Å². The Morgan fingerprint density at radius 2 is 1.67 bits per heavy atom. The van der Waals surface area contributed by atoms with E-state index in [9.17, 15) is 14.4 Å². The molecule has 6 heteroatoms. The van der Waals surface area contributed by atoms with Gasteiger partial charge in [0.1, 0.15) is 0 Å². The second-order valence-corrected chi connectivity index (χ2v) is 5.55. The molecule has 1 rings (SSSR count). The summed E-state index contributed by atoms with van der Waals surface area (Å²) in [7, 11) is 1.30. The van der Waals surface area contributed by atoms with Gasteiger partial charge in [0.15, 0.2) is 0 Å². The number of rotatable bonds is 4. The average Bonchev–Trinajstić information content (AvgIpc) is 2.43. The zero-order valence-electron chi connectivity index (χ0n) is 12.6. The third-order valence-corrected chi connectivity index (χ3v) is 2.68. The third kappa shape index (κ3) is 5.25. The number of hydrogen-bond acceptors (Lipinski definition) is 4. The maximum Gasteiger partial charge on any atom is 0.337 e. The molecule has 0 saturated heterocycles. The Balaban J connectivity index is 2.52. The molecule has 0 fully saturated rings. The summed E-state index contributed by atoms with van der Waals surface area (Å²) in [4.78, 5) is 34.6. The van der Waals surface area contributed by atoms with Crippen molar-refractivity contribution in [3.8, 4) is 0 Å². The SMILES string of the molecule is COC(=O)c1ccc(NC(=O)CNC(=O)C(C)(C)C)cc1. The molecule has 0 spiro atoms. The molecule has 0 unspecified atom stereocenters. The van der Waals surface area contributed by atoms with Crippen molar-refractivity contribution in [1.82, 2.24) is 5.32 Å². The first kappa shape index (κ1) is 16.7. The highest BCUT2D eigenvalue weighted by atomic mass is 16.5. The molecule has 21 heavy (non-hydrogen) atoms. The highest BCUT2D eigenvalue weighted by Crippen LogP contribution is 2.12. The van der Waals surface area contributed by atoms with Crippen LogP contribution in [0.5, 0.6) is 0 Å². The summed E-state index contributed by atoms with van der Waals surface area (Å²) in [6.07, 6.45) is 0. The molecule has 2 N–H and O–H groups in total. The largest absolute Gasteiger partial charge is 0.465 e. The van der Waals surface area contributed by atoms with Crippen LogP contribution in [0.2, 0.25) is 0 Å². The van der Waals surface area contributed by atoms with Gasteiger partial charge in [-0.3, -0.25) is 9.59 Å². The van der Waals surface area contributed by atoms with Crippen molar-refractivity contribution in [2.75, 3.05) is 19.0 Å². The van der Waals surface area contributed by atoms with Crippen LogP contribution in [-0.2, 0) is 14.3 Å². The van der Waals surface area contributed by atoms with Crippen LogP contribution in [0, 0.1) is 5.41 Å². The van der Waals surface area contributed by atoms with E-state index in [0.717, 1.165) is 0 Å². The monoisotopic (exact) mass is 292 g/mol. The van der Waals surface area contributed by atoms with Gasteiger partial charge in [-0.05, 0) is 24.3 Å². The molecule has 0 radical (unpaired) electrons. The Bertz CT molecular complexity index is 530. The standard InChI is InChI=1S/C15H20N2O4/c1-15(2,3)14(20)16-9-12(18)17-11-7-5-10(6-8-11)13(19)21-4/h5-8H,9H2,1-4H3,(H,16,20)(H,17,18). The van der Waals surface area contributed by atoms with Gasteiger partial charge in [-0.1, -0.05) is 20.8 Å². The predicted octanol–water partition coefficient (Wildman–Crippen LogP) is 1.57. The molecule has 2 amide bonds. The smallest absolute Gasteiger partial charge is 0.337 e. The molecule has 0 saturated carbocycles. The summed E-state index contributed by atoms with van der Waals surface area (Å²) in [6.45, 7) is 5.21. The van der Waals surface area contributed by atoms with Gasteiger partial charge >= 0.3 is 5.97 Å². The van der Waals surface area contributed by atoms with Gasteiger partial charge in [0.05, 0.1) is 19.2 Å². The van der Waals surface area contributed by atoms with E-state index in [1.54, 1.807) is 45.0 Å². The first-order chi connectivity index (χ1) is 9.74. The summed E-state index contributed by atoms with van der Waals surface area (Å²) in [5.74, 6) is -0.970. The number of esters is 1. The quantitative estimate of drug-likeness (QED) is 0.825. The van der Waals surface area contributed by atoms with Crippen molar-refractivity contribution in [2.45, 2.75) is 20.8 Å². The lowest BCUT2D eigenvalue weighted by Gasteiger charge is -2.17. The molecule has 0 aliphatic heterocycles. The average molecular weight is 292 g/mol. The first-order valence-electron chi connectivity index (χ1n) is 6.50. The molecule has 0 aliphatic rings. The number of benzene rings is 1. The van der Waals surface area contributed by atoms with Crippen LogP contribution in [0.4, 0.5) is 5.69 Å². The van der Waals surface area contributed by atoms with E-state index >= 15 is 0 Å². The Morgan fingerprint density at radius 3 is 2.14 bits per heavy atom. The number of amides is 2. The topological polar surface area (TPSA) is 84.5 Å². The van der Waals surface area contributed by atoms with Crippen LogP contribution in [0.3, 0.4) is 0 Å². The number of nitrogens with one attached hydrogen (secondary N) is 2. The van der Waals surface area contributed by atoms with Crippen molar-refractivity contribution >= 4 is 23.5 Å². The first-order valence-corrected chi connectivity index (χ1v) is 6.50. The normalized spacial score (nSPS) is 10.7. The molecule has 1 aromatic rings. The van der Waals surface area contributed by atoms with Gasteiger partial charge in [0.2, 0.25) is 11.8 Å². The molecule has 0 bridgehead atoms. The summed E-state index contributed by atoms with van der Waals surface area (Å²) < 4.78 is 4.58. The summed E-state index contributed by atoms with van der Waals surface area (Å²) >= 11 is 0. The fraction of sp³-hybridized carbons (Fsp3) is 0.400. The molecule has 0 atom stereocenters. The van der Waals surface area contributed by atoms with E-state index in [2.05, 4.69) is 15.4 Å². The zero-order valence-corrected chi connectivity index (χ0v) is 12.6. The fourth-order valence-corrected chi connectivity index (χ4v) is 1.44. The van der Waals surface area contributed by atoms with Crippen molar-refractivity contribution in [3.05, 3.63) is 29.8 Å². The molecule has 0 aromatic heterocycles. The van der Waals surface area contributed by atoms with E-state index < -0.39 is 11.4 Å². The lowest BCUT2D eigenvalue weighted by Crippen LogP contribution is -2.39. The number of hydrogen-bond donors (Lipinski definition) is 2. The second-order valence-electron chi connectivity index (χ2n) is 5.55.